The molecule has 0 aromatic heterocycles. The maximum atomic E-state index is 13.4. The summed E-state index contributed by atoms with van der Waals surface area (Å²) in [6.45, 7) is 7.79. The van der Waals surface area contributed by atoms with Gasteiger partial charge in [0.05, 0.1) is 7.14 Å². The van der Waals surface area contributed by atoms with Crippen molar-refractivity contribution in [3.63, 3.8) is 0 Å². The normalized spacial score (nSPS) is 13.8. The molecule has 0 spiro atoms. The molecule has 52 heavy (non-hydrogen) atoms. The second kappa shape index (κ2) is 17.5. The quantitative estimate of drug-likeness (QED) is 0.0765. The van der Waals surface area contributed by atoms with Gasteiger partial charge in [0.1, 0.15) is 39.7 Å². The summed E-state index contributed by atoms with van der Waals surface area (Å²) in [5.74, 6) is -1.06. The number of hydrogen-bond acceptors (Lipinski definition) is 9. The van der Waals surface area contributed by atoms with Crippen LogP contribution in [0.25, 0.3) is 0 Å². The van der Waals surface area contributed by atoms with Crippen LogP contribution < -0.4 is 14.8 Å². The molecule has 0 saturated carbocycles. The fourth-order valence-electron chi connectivity index (χ4n) is 6.30. The van der Waals surface area contributed by atoms with Crippen LogP contribution >= 0.6 is 90.4 Å². The van der Waals surface area contributed by atoms with Crippen LogP contribution in [0.15, 0.2) is 72.8 Å². The molecule has 4 aromatic rings. The van der Waals surface area contributed by atoms with Gasteiger partial charge in [-0.3, -0.25) is 4.79 Å². The second-order valence-electron chi connectivity index (χ2n) is 13.3. The van der Waals surface area contributed by atoms with E-state index in [1.165, 1.54) is 0 Å². The van der Waals surface area contributed by atoms with Crippen LogP contribution in [0, 0.1) is 20.2 Å². The number of nitrogens with one attached hydrogen (secondary N) is 1. The van der Waals surface area contributed by atoms with Crippen LogP contribution in [0.2, 0.25) is 0 Å². The highest BCUT2D eigenvalue weighted by molar-refractivity contribution is 14.1. The molecule has 1 saturated heterocycles. The van der Waals surface area contributed by atoms with Crippen LogP contribution in [0.5, 0.6) is 23.0 Å². The summed E-state index contributed by atoms with van der Waals surface area (Å²) < 4.78 is 20.0. The van der Waals surface area contributed by atoms with Gasteiger partial charge in [-0.05, 0) is 196 Å². The number of phenols is 2. The van der Waals surface area contributed by atoms with Gasteiger partial charge in [0.15, 0.2) is 0 Å². The first-order chi connectivity index (χ1) is 24.6. The van der Waals surface area contributed by atoms with Crippen molar-refractivity contribution in [1.82, 2.24) is 5.32 Å². The Morgan fingerprint density at radius 1 is 0.712 bits per heavy atom. The predicted molar refractivity (Wildman–Crippen MR) is 231 cm³/mol. The predicted octanol–water partition coefficient (Wildman–Crippen LogP) is 9.36. The summed E-state index contributed by atoms with van der Waals surface area (Å²) in [5.41, 5.74) is 0.545. The highest BCUT2D eigenvalue weighted by Crippen LogP contribution is 2.39. The first-order valence-corrected chi connectivity index (χ1v) is 20.8. The summed E-state index contributed by atoms with van der Waals surface area (Å²) in [6.07, 6.45) is 2.43. The van der Waals surface area contributed by atoms with Crippen molar-refractivity contribution in [2.24, 2.45) is 5.92 Å². The van der Waals surface area contributed by atoms with Crippen LogP contribution in [0.1, 0.15) is 78.3 Å². The number of phenolic OH excluding ortho intramolecular Hbond substituents is 2. The van der Waals surface area contributed by atoms with E-state index in [4.69, 9.17) is 14.2 Å². The zero-order valence-corrected chi connectivity index (χ0v) is 37.2. The van der Waals surface area contributed by atoms with Crippen LogP contribution in [0.3, 0.4) is 0 Å². The third kappa shape index (κ3) is 9.89. The molecule has 4 aromatic carbocycles. The molecule has 5 rings (SSSR count). The Morgan fingerprint density at radius 3 is 1.56 bits per heavy atom. The maximum absolute atomic E-state index is 13.4. The first kappa shape index (κ1) is 40.9. The monoisotopic (exact) mass is 1150 g/mol. The summed E-state index contributed by atoms with van der Waals surface area (Å²) in [4.78, 5) is 39.4. The molecule has 1 heterocycles. The minimum absolute atomic E-state index is 0.0730. The molecule has 0 bridgehead atoms. The lowest BCUT2D eigenvalue weighted by Gasteiger charge is -2.37. The fourth-order valence-corrected chi connectivity index (χ4v) is 9.99. The molecular weight excluding hydrogens is 1120 g/mol. The molecule has 0 atom stereocenters. The molecule has 1 aliphatic heterocycles. The van der Waals surface area contributed by atoms with Gasteiger partial charge in [-0.2, -0.15) is 0 Å². The minimum atomic E-state index is -0.711. The zero-order valence-electron chi connectivity index (χ0n) is 28.6. The summed E-state index contributed by atoms with van der Waals surface area (Å²) in [6, 6.07) is 20.8. The van der Waals surface area contributed by atoms with Gasteiger partial charge in [0, 0.05) is 24.9 Å². The summed E-state index contributed by atoms with van der Waals surface area (Å²) in [7, 11) is 0. The Balaban J connectivity index is 1.38. The van der Waals surface area contributed by atoms with E-state index in [0.29, 0.717) is 25.1 Å². The standard InChI is InChI=1S/C39H37I4NO8/c1-38(2,22-13-16-44-17-14-22)52-33(45)12-15-39(3,23-4-8-27(9-5-23)50-36(48)29-18-25(40)20-31(42)34(29)46)24-6-10-28(11-7-24)51-37(49)30-19-26(41)21-32(43)35(30)47/h4-11,18-22,44,46-47H,12-17H2,1-3H3. The molecule has 0 amide bonds. The highest BCUT2D eigenvalue weighted by atomic mass is 127. The largest absolute Gasteiger partial charge is 0.506 e. The molecule has 0 unspecified atom stereocenters. The van der Waals surface area contributed by atoms with Crippen LogP contribution in [0.4, 0.5) is 0 Å². The average Bonchev–Trinajstić information content (AvgIpc) is 3.11. The van der Waals surface area contributed by atoms with Crippen LogP contribution in [-0.4, -0.2) is 46.8 Å². The van der Waals surface area contributed by atoms with E-state index in [2.05, 4.69) is 50.5 Å². The van der Waals surface area contributed by atoms with Gasteiger partial charge in [0.2, 0.25) is 0 Å². The number of rotatable bonds is 11. The second-order valence-corrected chi connectivity index (χ2v) is 18.1. The Labute approximate surface area is 357 Å². The summed E-state index contributed by atoms with van der Waals surface area (Å²) in [5, 5.41) is 24.3. The number of aromatic hydroxyl groups is 2. The Kier molecular flexibility index (Phi) is 13.8. The number of benzene rings is 4. The highest BCUT2D eigenvalue weighted by Gasteiger charge is 2.36. The summed E-state index contributed by atoms with van der Waals surface area (Å²) >= 11 is 8.10. The third-order valence-electron chi connectivity index (χ3n) is 9.43. The number of piperidine rings is 1. The van der Waals surface area contributed by atoms with Gasteiger partial charge < -0.3 is 29.7 Å². The topological polar surface area (TPSA) is 131 Å². The van der Waals surface area contributed by atoms with Crippen molar-refractivity contribution in [3.05, 3.63) is 109 Å². The van der Waals surface area contributed by atoms with Crippen molar-refractivity contribution in [2.45, 2.75) is 57.5 Å². The molecule has 274 valence electrons. The zero-order chi connectivity index (χ0) is 37.8. The Morgan fingerprint density at radius 2 is 1.13 bits per heavy atom. The van der Waals surface area contributed by atoms with E-state index in [1.54, 1.807) is 48.5 Å². The van der Waals surface area contributed by atoms with E-state index in [-0.39, 0.29) is 40.9 Å². The van der Waals surface area contributed by atoms with Gasteiger partial charge in [-0.1, -0.05) is 31.2 Å². The van der Waals surface area contributed by atoms with Gasteiger partial charge in [-0.15, -0.1) is 0 Å². The smallest absolute Gasteiger partial charge is 0.347 e. The molecule has 1 fully saturated rings. The number of halogens is 4. The SMILES string of the molecule is CC(CCC(=O)OC(C)(C)C1CCNCC1)(c1ccc(OC(=O)c2cc(I)cc(I)c2O)cc1)c1ccc(OC(=O)c2cc(I)cc(I)c2O)cc1. The molecule has 3 N–H and O–H groups in total. The van der Waals surface area contributed by atoms with E-state index in [1.807, 2.05) is 90.2 Å². The van der Waals surface area contributed by atoms with E-state index in [9.17, 15) is 24.6 Å². The Hall–Kier alpha value is -2.23. The number of ether oxygens (including phenoxy) is 3. The fraction of sp³-hybridized carbons (Fsp3) is 0.308. The van der Waals surface area contributed by atoms with Crippen molar-refractivity contribution in [2.75, 3.05) is 13.1 Å². The number of carbonyl (C=O) groups is 3. The van der Waals surface area contributed by atoms with Gasteiger partial charge >= 0.3 is 17.9 Å². The number of carbonyl (C=O) groups excluding carboxylic acids is 3. The van der Waals surface area contributed by atoms with E-state index < -0.39 is 23.0 Å². The number of hydrogen-bond donors (Lipinski definition) is 3. The van der Waals surface area contributed by atoms with Crippen molar-refractivity contribution >= 4 is 108 Å². The van der Waals surface area contributed by atoms with E-state index in [0.717, 1.165) is 44.2 Å². The Bertz CT molecular complexity index is 1840. The van der Waals surface area contributed by atoms with Crippen molar-refractivity contribution < 1.29 is 38.8 Å². The van der Waals surface area contributed by atoms with Crippen LogP contribution in [-0.2, 0) is 14.9 Å². The molecule has 9 nitrogen and oxygen atoms in total. The minimum Gasteiger partial charge on any atom is -0.506 e. The molecule has 0 aliphatic carbocycles. The lowest BCUT2D eigenvalue weighted by molar-refractivity contribution is -0.163. The molecule has 0 radical (unpaired) electrons. The average molecular weight is 1160 g/mol. The van der Waals surface area contributed by atoms with Crippen molar-refractivity contribution in [1.29, 1.82) is 0 Å². The molecular formula is C39H37I4NO8. The third-order valence-corrected chi connectivity index (χ3v) is 12.3. The van der Waals surface area contributed by atoms with E-state index >= 15 is 0 Å². The maximum Gasteiger partial charge on any atom is 0.347 e. The van der Waals surface area contributed by atoms with Gasteiger partial charge in [0.25, 0.3) is 0 Å². The molecule has 1 aliphatic rings. The number of esters is 3. The van der Waals surface area contributed by atoms with Gasteiger partial charge in [-0.25, -0.2) is 9.59 Å². The lowest BCUT2D eigenvalue weighted by atomic mass is 9.73. The lowest BCUT2D eigenvalue weighted by Crippen LogP contribution is -2.43. The first-order valence-electron chi connectivity index (χ1n) is 16.5. The molecule has 13 heteroatoms. The van der Waals surface area contributed by atoms with Crippen molar-refractivity contribution in [3.8, 4) is 23.0 Å².